The molecule has 1 aliphatic heterocycles. The van der Waals surface area contributed by atoms with Crippen LogP contribution in [-0.4, -0.2) is 0 Å². The van der Waals surface area contributed by atoms with Gasteiger partial charge in [0.15, 0.2) is 0 Å². The summed E-state index contributed by atoms with van der Waals surface area (Å²) in [6.45, 7) is 4.81. The molecule has 0 saturated carbocycles. The first kappa shape index (κ1) is 32.9. The van der Waals surface area contributed by atoms with Crippen LogP contribution in [0.3, 0.4) is 0 Å². The summed E-state index contributed by atoms with van der Waals surface area (Å²) in [5, 5.41) is 0. The van der Waals surface area contributed by atoms with Gasteiger partial charge in [-0.05, 0) is 116 Å². The Morgan fingerprint density at radius 2 is 0.796 bits per heavy atom. The van der Waals surface area contributed by atoms with Crippen LogP contribution in [0.5, 0.6) is 0 Å². The molecule has 0 fully saturated rings. The van der Waals surface area contributed by atoms with E-state index in [-0.39, 0.29) is 5.41 Å². The normalized spacial score (nSPS) is 13.4. The van der Waals surface area contributed by atoms with E-state index in [1.807, 2.05) is 23.5 Å². The zero-order valence-corrected chi connectivity index (χ0v) is 31.8. The first-order valence-electron chi connectivity index (χ1n) is 18.5. The smallest absolute Gasteiger partial charge is 0.0462 e. The first-order chi connectivity index (χ1) is 26.5. The van der Waals surface area contributed by atoms with Crippen LogP contribution >= 0.6 is 23.5 Å². The fraction of sp³-hybridized carbons (Fsp3) is 0.0588. The van der Waals surface area contributed by atoms with Gasteiger partial charge in [0.2, 0.25) is 0 Å². The van der Waals surface area contributed by atoms with Crippen LogP contribution in [-0.2, 0) is 5.41 Å². The molecule has 1 aliphatic carbocycles. The van der Waals surface area contributed by atoms with E-state index in [9.17, 15) is 0 Å². The summed E-state index contributed by atoms with van der Waals surface area (Å²) in [6.07, 6.45) is 0. The van der Waals surface area contributed by atoms with E-state index in [4.69, 9.17) is 0 Å². The third-order valence-corrected chi connectivity index (χ3v) is 13.5. The number of nitrogens with zero attached hydrogens (tertiary/aromatic N) is 1. The van der Waals surface area contributed by atoms with Gasteiger partial charge >= 0.3 is 0 Å². The second kappa shape index (κ2) is 13.3. The molecule has 258 valence electrons. The maximum Gasteiger partial charge on any atom is 0.0462 e. The maximum atomic E-state index is 2.44. The third kappa shape index (κ3) is 5.67. The summed E-state index contributed by atoms with van der Waals surface area (Å²) in [5.74, 6) is 0. The number of benzene rings is 8. The van der Waals surface area contributed by atoms with Crippen LogP contribution in [0, 0.1) is 0 Å². The van der Waals surface area contributed by atoms with E-state index in [1.165, 1.54) is 75.2 Å². The van der Waals surface area contributed by atoms with Crippen LogP contribution in [0.2, 0.25) is 0 Å². The molecule has 0 bridgehead atoms. The zero-order chi connectivity index (χ0) is 36.2. The molecule has 8 aromatic carbocycles. The fourth-order valence-electron chi connectivity index (χ4n) is 8.17. The van der Waals surface area contributed by atoms with Gasteiger partial charge in [-0.1, -0.05) is 165 Å². The van der Waals surface area contributed by atoms with Crippen molar-refractivity contribution in [1.29, 1.82) is 0 Å². The second-order valence-electron chi connectivity index (χ2n) is 14.6. The van der Waals surface area contributed by atoms with Crippen LogP contribution in [0.15, 0.2) is 208 Å². The maximum absolute atomic E-state index is 2.44. The summed E-state index contributed by atoms with van der Waals surface area (Å²) in [4.78, 5) is 7.83. The predicted octanol–water partition coefficient (Wildman–Crippen LogP) is 15.1. The van der Waals surface area contributed by atoms with Crippen molar-refractivity contribution in [3.05, 3.63) is 199 Å². The summed E-state index contributed by atoms with van der Waals surface area (Å²) in [5.41, 5.74) is 16.1. The Bertz CT molecular complexity index is 2560. The van der Waals surface area contributed by atoms with E-state index >= 15 is 0 Å². The van der Waals surface area contributed by atoms with Crippen molar-refractivity contribution in [2.24, 2.45) is 0 Å². The molecule has 3 heteroatoms. The predicted molar refractivity (Wildman–Crippen MR) is 230 cm³/mol. The lowest BCUT2D eigenvalue weighted by Crippen LogP contribution is -2.17. The van der Waals surface area contributed by atoms with Crippen LogP contribution in [0.25, 0.3) is 44.5 Å². The van der Waals surface area contributed by atoms with E-state index in [0.717, 1.165) is 17.1 Å². The Balaban J connectivity index is 0.993. The second-order valence-corrected chi connectivity index (χ2v) is 16.7. The van der Waals surface area contributed by atoms with Crippen molar-refractivity contribution in [1.82, 2.24) is 0 Å². The van der Waals surface area contributed by atoms with Gasteiger partial charge in [-0.3, -0.25) is 0 Å². The largest absolute Gasteiger partial charge is 0.311 e. The van der Waals surface area contributed by atoms with E-state index < -0.39 is 0 Å². The molecule has 0 N–H and O–H groups in total. The lowest BCUT2D eigenvalue weighted by atomic mass is 9.81. The third-order valence-electron chi connectivity index (χ3n) is 10.9. The summed E-state index contributed by atoms with van der Waals surface area (Å²) >= 11 is 3.84. The van der Waals surface area contributed by atoms with Crippen molar-refractivity contribution in [3.63, 3.8) is 0 Å². The van der Waals surface area contributed by atoms with Crippen LogP contribution < -0.4 is 4.90 Å². The number of hydrogen-bond acceptors (Lipinski definition) is 3. The SMILES string of the molecule is CC1(C)c2cc(-c3ccc(N(c4ccc(-c5ccccc5)cc4)c4ccc(-c5ccccc5)cc4)cc3)ccc2-c2ccc3c(c21)Sc1ccccc1S3. The first-order valence-corrected chi connectivity index (χ1v) is 20.1. The molecular weight excluding hydrogens is 691 g/mol. The molecule has 1 nitrogen and oxygen atoms in total. The van der Waals surface area contributed by atoms with Crippen molar-refractivity contribution >= 4 is 40.6 Å². The molecule has 0 amide bonds. The van der Waals surface area contributed by atoms with Gasteiger partial charge in [0.1, 0.15) is 0 Å². The highest BCUT2D eigenvalue weighted by Crippen LogP contribution is 2.59. The minimum absolute atomic E-state index is 0.111. The molecular formula is C51H37NS2. The van der Waals surface area contributed by atoms with Crippen molar-refractivity contribution in [2.45, 2.75) is 38.8 Å². The van der Waals surface area contributed by atoms with Crippen LogP contribution in [0.4, 0.5) is 17.1 Å². The minimum atomic E-state index is -0.111. The molecule has 0 radical (unpaired) electrons. The molecule has 0 saturated heterocycles. The van der Waals surface area contributed by atoms with Crippen molar-refractivity contribution in [3.8, 4) is 44.5 Å². The highest BCUT2D eigenvalue weighted by Gasteiger charge is 2.39. The average Bonchev–Trinajstić information content (AvgIpc) is 3.47. The van der Waals surface area contributed by atoms with Gasteiger partial charge in [0, 0.05) is 42.1 Å². The Kier molecular flexibility index (Phi) is 8.09. The van der Waals surface area contributed by atoms with Crippen molar-refractivity contribution < 1.29 is 0 Å². The van der Waals surface area contributed by atoms with Gasteiger partial charge in [0.25, 0.3) is 0 Å². The molecule has 10 rings (SSSR count). The number of anilines is 3. The van der Waals surface area contributed by atoms with Gasteiger partial charge in [0.05, 0.1) is 0 Å². The van der Waals surface area contributed by atoms with E-state index in [2.05, 4.69) is 207 Å². The number of hydrogen-bond donors (Lipinski definition) is 0. The summed E-state index contributed by atoms with van der Waals surface area (Å²) in [6, 6.07) is 68.6. The summed E-state index contributed by atoms with van der Waals surface area (Å²) < 4.78 is 0. The molecule has 2 aliphatic rings. The Labute approximate surface area is 326 Å². The molecule has 0 atom stereocenters. The standard InChI is InChI=1S/C51H37NS2/c1-51(2)45-33-39(23-30-43(45)44-31-32-48-50(49(44)51)54-47-16-10-9-15-46(47)53-48)38-21-28-42(29-22-38)52(40-24-17-36(18-25-40)34-11-5-3-6-12-34)41-26-19-37(20-27-41)35-13-7-4-8-14-35/h3-33H,1-2H3. The number of fused-ring (bicyclic) bond motifs is 6. The Morgan fingerprint density at radius 1 is 0.370 bits per heavy atom. The lowest BCUT2D eigenvalue weighted by Gasteiger charge is -2.28. The molecule has 8 aromatic rings. The molecule has 0 aromatic heterocycles. The molecule has 54 heavy (non-hydrogen) atoms. The minimum Gasteiger partial charge on any atom is -0.311 e. The monoisotopic (exact) mass is 727 g/mol. The summed E-state index contributed by atoms with van der Waals surface area (Å²) in [7, 11) is 0. The quantitative estimate of drug-likeness (QED) is 0.168. The van der Waals surface area contributed by atoms with Gasteiger partial charge in [-0.25, -0.2) is 0 Å². The zero-order valence-electron chi connectivity index (χ0n) is 30.2. The van der Waals surface area contributed by atoms with Gasteiger partial charge in [-0.2, -0.15) is 0 Å². The molecule has 0 unspecified atom stereocenters. The van der Waals surface area contributed by atoms with E-state index in [0.29, 0.717) is 0 Å². The topological polar surface area (TPSA) is 3.24 Å². The fourth-order valence-corrected chi connectivity index (χ4v) is 10.7. The van der Waals surface area contributed by atoms with Gasteiger partial charge < -0.3 is 4.90 Å². The molecule has 0 spiro atoms. The van der Waals surface area contributed by atoms with E-state index in [1.54, 1.807) is 0 Å². The Hall–Kier alpha value is -5.74. The molecule has 1 heterocycles. The van der Waals surface area contributed by atoms with Crippen molar-refractivity contribution in [2.75, 3.05) is 4.90 Å². The van der Waals surface area contributed by atoms with Gasteiger partial charge in [-0.15, -0.1) is 0 Å². The van der Waals surface area contributed by atoms with Crippen LogP contribution in [0.1, 0.15) is 25.0 Å². The highest BCUT2D eigenvalue weighted by atomic mass is 32.2. The Morgan fingerprint density at radius 3 is 1.33 bits per heavy atom. The number of rotatable bonds is 6. The average molecular weight is 728 g/mol. The highest BCUT2D eigenvalue weighted by molar-refractivity contribution is 8.05. The lowest BCUT2D eigenvalue weighted by molar-refractivity contribution is 0.642.